The molecule has 3 saturated heterocycles. The van der Waals surface area contributed by atoms with E-state index in [0.29, 0.717) is 25.0 Å². The van der Waals surface area contributed by atoms with Crippen molar-refractivity contribution in [2.24, 2.45) is 0 Å². The molecule has 3 aliphatic heterocycles. The molecule has 0 aromatic heterocycles. The Hall–Kier alpha value is -1.25. The minimum atomic E-state index is -0.795. The second-order valence-corrected chi connectivity index (χ2v) is 7.14. The average molecular weight is 351 g/mol. The van der Waals surface area contributed by atoms with Crippen LogP contribution in [0.5, 0.6) is 0 Å². The van der Waals surface area contributed by atoms with Crippen molar-refractivity contribution in [1.29, 1.82) is 0 Å². The third kappa shape index (κ3) is 2.91. The van der Waals surface area contributed by atoms with Crippen molar-refractivity contribution in [2.75, 3.05) is 13.2 Å². The van der Waals surface area contributed by atoms with Gasteiger partial charge in [-0.1, -0.05) is 30.3 Å². The highest BCUT2D eigenvalue weighted by Crippen LogP contribution is 2.44. The van der Waals surface area contributed by atoms with Crippen molar-refractivity contribution in [3.63, 3.8) is 0 Å². The molecule has 6 nitrogen and oxygen atoms in total. The molecule has 130 valence electrons. The molecule has 0 bridgehead atoms. The van der Waals surface area contributed by atoms with Crippen LogP contribution in [0.1, 0.15) is 19.4 Å². The summed E-state index contributed by atoms with van der Waals surface area (Å²) in [5.74, 6) is -0.671. The number of hydrogen-bond acceptors (Lipinski definition) is 6. The Morgan fingerprint density at radius 1 is 1.21 bits per heavy atom. The fraction of sp³-hybridized carbons (Fsp3) is 0.588. The van der Waals surface area contributed by atoms with Gasteiger partial charge in [0.05, 0.1) is 13.2 Å². The van der Waals surface area contributed by atoms with Crippen LogP contribution >= 0.6 is 12.2 Å². The van der Waals surface area contributed by atoms with Gasteiger partial charge in [-0.2, -0.15) is 0 Å². The molecule has 4 atom stereocenters. The number of nitrogens with one attached hydrogen (secondary N) is 1. The molecule has 1 aromatic carbocycles. The number of fused-ring (bicyclic) bond motifs is 2. The first-order valence-electron chi connectivity index (χ1n) is 8.08. The zero-order chi connectivity index (χ0) is 16.8. The number of rotatable bonds is 4. The Morgan fingerprint density at radius 2 is 2.00 bits per heavy atom. The van der Waals surface area contributed by atoms with E-state index in [0.717, 1.165) is 5.56 Å². The third-order valence-electron chi connectivity index (χ3n) is 4.44. The Kier molecular flexibility index (Phi) is 4.01. The molecule has 3 fully saturated rings. The van der Waals surface area contributed by atoms with Crippen LogP contribution in [0.4, 0.5) is 0 Å². The van der Waals surface area contributed by atoms with Gasteiger partial charge in [-0.25, -0.2) is 0 Å². The molecule has 0 saturated carbocycles. The molecule has 1 aromatic rings. The summed E-state index contributed by atoms with van der Waals surface area (Å²) in [6.45, 7) is 5.04. The smallest absolute Gasteiger partial charge is 0.259 e. The predicted octanol–water partition coefficient (Wildman–Crippen LogP) is 1.72. The van der Waals surface area contributed by atoms with Crippen LogP contribution in [-0.2, 0) is 30.3 Å². The van der Waals surface area contributed by atoms with Crippen molar-refractivity contribution in [1.82, 2.24) is 5.32 Å². The molecule has 1 spiro atoms. The van der Waals surface area contributed by atoms with Crippen molar-refractivity contribution < 1.29 is 23.7 Å². The summed E-state index contributed by atoms with van der Waals surface area (Å²) in [6, 6.07) is 10.0. The first kappa shape index (κ1) is 16.2. The van der Waals surface area contributed by atoms with Gasteiger partial charge in [0.25, 0.3) is 5.17 Å². The van der Waals surface area contributed by atoms with Gasteiger partial charge in [0.15, 0.2) is 5.79 Å². The fourth-order valence-corrected chi connectivity index (χ4v) is 3.69. The third-order valence-corrected chi connectivity index (χ3v) is 4.66. The van der Waals surface area contributed by atoms with Crippen LogP contribution in [0.3, 0.4) is 0 Å². The Bertz CT molecular complexity index is 625. The normalized spacial score (nSPS) is 36.6. The first-order chi connectivity index (χ1) is 11.5. The topological polar surface area (TPSA) is 58.2 Å². The molecule has 3 heterocycles. The Morgan fingerprint density at radius 3 is 2.71 bits per heavy atom. The van der Waals surface area contributed by atoms with Crippen LogP contribution in [0.2, 0.25) is 0 Å². The summed E-state index contributed by atoms with van der Waals surface area (Å²) < 4.78 is 29.5. The highest BCUT2D eigenvalue weighted by molar-refractivity contribution is 7.80. The summed E-state index contributed by atoms with van der Waals surface area (Å²) >= 11 is 5.09. The standard InChI is InChI=1S/C17H21NO5S/c1-16(2)22-13-12(9-19-8-11-6-4-3-5-7-11)21-17(14(13)23-16)10-20-15(24)18-17/h3-7,12-14H,8-10H2,1-2H3,(H,18,24)/t12-,13-,14-,17-/m1/s1. The van der Waals surface area contributed by atoms with E-state index in [-0.39, 0.29) is 18.3 Å². The van der Waals surface area contributed by atoms with Crippen molar-refractivity contribution >= 4 is 17.4 Å². The lowest BCUT2D eigenvalue weighted by Crippen LogP contribution is -2.53. The van der Waals surface area contributed by atoms with Gasteiger partial charge < -0.3 is 29.0 Å². The lowest BCUT2D eigenvalue weighted by atomic mass is 10.0. The summed E-state index contributed by atoms with van der Waals surface area (Å²) in [5, 5.41) is 3.43. The van der Waals surface area contributed by atoms with Gasteiger partial charge in [-0.3, -0.25) is 0 Å². The van der Waals surface area contributed by atoms with Crippen molar-refractivity contribution in [3.05, 3.63) is 35.9 Å². The largest absolute Gasteiger partial charge is 0.466 e. The van der Waals surface area contributed by atoms with E-state index in [9.17, 15) is 0 Å². The van der Waals surface area contributed by atoms with E-state index in [1.165, 1.54) is 0 Å². The summed E-state index contributed by atoms with van der Waals surface area (Å²) in [4.78, 5) is 0. The van der Waals surface area contributed by atoms with Crippen LogP contribution in [0.15, 0.2) is 30.3 Å². The van der Waals surface area contributed by atoms with Crippen LogP contribution in [0, 0.1) is 0 Å². The maximum absolute atomic E-state index is 6.18. The molecule has 0 amide bonds. The second kappa shape index (κ2) is 5.93. The molecule has 24 heavy (non-hydrogen) atoms. The predicted molar refractivity (Wildman–Crippen MR) is 89.2 cm³/mol. The van der Waals surface area contributed by atoms with Crippen molar-refractivity contribution in [2.45, 2.75) is 50.3 Å². The SMILES string of the molecule is CC1(C)O[C@H]2[C@@H](O1)[C@@]1(COC(=S)N1)O[C@@H]2COCc1ccccc1. The van der Waals surface area contributed by atoms with Gasteiger partial charge in [0.2, 0.25) is 5.72 Å². The van der Waals surface area contributed by atoms with Crippen LogP contribution in [-0.4, -0.2) is 48.2 Å². The fourth-order valence-electron chi connectivity index (χ4n) is 3.46. The molecule has 0 unspecified atom stereocenters. The minimum absolute atomic E-state index is 0.229. The van der Waals surface area contributed by atoms with E-state index in [2.05, 4.69) is 5.32 Å². The maximum atomic E-state index is 6.18. The lowest BCUT2D eigenvalue weighted by molar-refractivity contribution is -0.217. The van der Waals surface area contributed by atoms with Gasteiger partial charge in [0.1, 0.15) is 24.9 Å². The maximum Gasteiger partial charge on any atom is 0.259 e. The molecule has 0 radical (unpaired) electrons. The monoisotopic (exact) mass is 351 g/mol. The molecular formula is C17H21NO5S. The molecular weight excluding hydrogens is 330 g/mol. The van der Waals surface area contributed by atoms with E-state index < -0.39 is 11.5 Å². The van der Waals surface area contributed by atoms with Crippen LogP contribution < -0.4 is 5.32 Å². The average Bonchev–Trinajstić information content (AvgIpc) is 3.15. The van der Waals surface area contributed by atoms with Crippen LogP contribution in [0.25, 0.3) is 0 Å². The van der Waals surface area contributed by atoms with E-state index in [4.69, 9.17) is 35.9 Å². The van der Waals surface area contributed by atoms with E-state index in [1.807, 2.05) is 44.2 Å². The zero-order valence-electron chi connectivity index (χ0n) is 13.7. The molecule has 3 aliphatic rings. The quantitative estimate of drug-likeness (QED) is 0.829. The lowest BCUT2D eigenvalue weighted by Gasteiger charge is -2.29. The number of benzene rings is 1. The van der Waals surface area contributed by atoms with E-state index >= 15 is 0 Å². The number of thiocarbonyl (C=S) groups is 1. The Labute approximate surface area is 146 Å². The summed E-state index contributed by atoms with van der Waals surface area (Å²) in [5.41, 5.74) is 0.324. The highest BCUT2D eigenvalue weighted by Gasteiger charge is 2.65. The first-order valence-corrected chi connectivity index (χ1v) is 8.48. The molecule has 7 heteroatoms. The van der Waals surface area contributed by atoms with Gasteiger partial charge >= 0.3 is 0 Å². The Balaban J connectivity index is 1.44. The highest BCUT2D eigenvalue weighted by atomic mass is 32.1. The number of ether oxygens (including phenoxy) is 5. The van der Waals surface area contributed by atoms with E-state index in [1.54, 1.807) is 0 Å². The van der Waals surface area contributed by atoms with Gasteiger partial charge in [0, 0.05) is 0 Å². The zero-order valence-corrected chi connectivity index (χ0v) is 14.5. The summed E-state index contributed by atoms with van der Waals surface area (Å²) in [6.07, 6.45) is -0.775. The van der Waals surface area contributed by atoms with Gasteiger partial charge in [-0.15, -0.1) is 0 Å². The second-order valence-electron chi connectivity index (χ2n) is 6.77. The summed E-state index contributed by atoms with van der Waals surface area (Å²) in [7, 11) is 0. The number of hydrogen-bond donors (Lipinski definition) is 1. The molecule has 4 rings (SSSR count). The molecule has 1 N–H and O–H groups in total. The molecule has 0 aliphatic carbocycles. The minimum Gasteiger partial charge on any atom is -0.466 e. The van der Waals surface area contributed by atoms with Crippen molar-refractivity contribution in [3.8, 4) is 0 Å². The van der Waals surface area contributed by atoms with Gasteiger partial charge in [-0.05, 0) is 31.6 Å².